The van der Waals surface area contributed by atoms with Gasteiger partial charge in [-0.2, -0.15) is 0 Å². The van der Waals surface area contributed by atoms with E-state index in [1.54, 1.807) is 28.4 Å². The summed E-state index contributed by atoms with van der Waals surface area (Å²) in [5, 5.41) is 14.0. The molecule has 4 rings (SSSR count). The predicted octanol–water partition coefficient (Wildman–Crippen LogP) is 3.67. The van der Waals surface area contributed by atoms with Gasteiger partial charge in [-0.3, -0.25) is 0 Å². The quantitative estimate of drug-likeness (QED) is 0.571. The fourth-order valence-corrected chi connectivity index (χ4v) is 7.09. The van der Waals surface area contributed by atoms with Crippen LogP contribution in [0.1, 0.15) is 17.5 Å². The Morgan fingerprint density at radius 3 is 1.61 bits per heavy atom. The van der Waals surface area contributed by atoms with Crippen LogP contribution in [0.2, 0.25) is 0 Å². The summed E-state index contributed by atoms with van der Waals surface area (Å²) in [7, 11) is 5.26. The van der Waals surface area contributed by atoms with E-state index in [9.17, 15) is 5.11 Å². The molecule has 0 saturated heterocycles. The first-order chi connectivity index (χ1) is 15.1. The summed E-state index contributed by atoms with van der Waals surface area (Å²) in [6, 6.07) is 15.6. The maximum Gasteiger partial charge on any atom is 0.130 e. The predicted molar refractivity (Wildman–Crippen MR) is 125 cm³/mol. The van der Waals surface area contributed by atoms with E-state index in [1.807, 2.05) is 42.5 Å². The first-order valence-corrected chi connectivity index (χ1v) is 11.5. The number of benzene rings is 3. The van der Waals surface area contributed by atoms with Gasteiger partial charge < -0.3 is 24.1 Å². The van der Waals surface area contributed by atoms with Gasteiger partial charge in [0.15, 0.2) is 0 Å². The number of phenolic OH excluding ortho intramolecular Hbond substituents is 1. The van der Waals surface area contributed by atoms with Crippen molar-refractivity contribution < 1.29 is 24.1 Å². The summed E-state index contributed by atoms with van der Waals surface area (Å²) in [5.41, 5.74) is 2.25. The van der Waals surface area contributed by atoms with Crippen molar-refractivity contribution >= 4 is 23.8 Å². The first-order valence-electron chi connectivity index (χ1n) is 10.2. The van der Waals surface area contributed by atoms with E-state index in [-0.39, 0.29) is 0 Å². The van der Waals surface area contributed by atoms with Gasteiger partial charge in [0.25, 0.3) is 0 Å². The van der Waals surface area contributed by atoms with E-state index in [0.29, 0.717) is 28.7 Å². The highest BCUT2D eigenvalue weighted by atomic mass is 31.1. The second kappa shape index (κ2) is 9.07. The molecular formula is C25H27O5P. The van der Waals surface area contributed by atoms with Gasteiger partial charge in [-0.25, -0.2) is 0 Å². The van der Waals surface area contributed by atoms with Crippen LogP contribution >= 0.6 is 7.92 Å². The maximum atomic E-state index is 11.4. The molecule has 0 heterocycles. The lowest BCUT2D eigenvalue weighted by molar-refractivity contribution is 0.399. The number of phenols is 1. The minimum atomic E-state index is -1.33. The minimum Gasteiger partial charge on any atom is -0.507 e. The highest BCUT2D eigenvalue weighted by Crippen LogP contribution is 2.48. The van der Waals surface area contributed by atoms with Crippen LogP contribution in [-0.4, -0.2) is 33.5 Å². The SMILES string of the molecule is COc1cccc(OC)c1P(c1ccc2c(c1O)CCC2)c1c(OC)cccc1OC. The molecule has 0 bridgehead atoms. The van der Waals surface area contributed by atoms with E-state index in [2.05, 4.69) is 6.07 Å². The van der Waals surface area contributed by atoms with Gasteiger partial charge in [0, 0.05) is 13.2 Å². The van der Waals surface area contributed by atoms with Gasteiger partial charge in [-0.15, -0.1) is 0 Å². The van der Waals surface area contributed by atoms with Crippen molar-refractivity contribution in [3.63, 3.8) is 0 Å². The molecule has 0 amide bonds. The molecule has 5 nitrogen and oxygen atoms in total. The zero-order valence-electron chi connectivity index (χ0n) is 18.3. The average molecular weight is 438 g/mol. The van der Waals surface area contributed by atoms with Crippen molar-refractivity contribution in [2.75, 3.05) is 28.4 Å². The molecule has 3 aromatic carbocycles. The van der Waals surface area contributed by atoms with Gasteiger partial charge in [0.1, 0.15) is 28.7 Å². The Hall–Kier alpha value is -2.91. The van der Waals surface area contributed by atoms with Gasteiger partial charge in [0.05, 0.1) is 39.0 Å². The zero-order chi connectivity index (χ0) is 22.0. The first kappa shape index (κ1) is 21.3. The van der Waals surface area contributed by atoms with Crippen molar-refractivity contribution in [3.05, 3.63) is 59.7 Å². The van der Waals surface area contributed by atoms with Crippen molar-refractivity contribution in [3.8, 4) is 28.7 Å². The van der Waals surface area contributed by atoms with Crippen LogP contribution in [0.3, 0.4) is 0 Å². The van der Waals surface area contributed by atoms with Crippen LogP contribution in [0, 0.1) is 0 Å². The fraction of sp³-hybridized carbons (Fsp3) is 0.280. The van der Waals surface area contributed by atoms with Crippen LogP contribution in [0.25, 0.3) is 0 Å². The van der Waals surface area contributed by atoms with E-state index < -0.39 is 7.92 Å². The molecule has 0 spiro atoms. The molecule has 1 N–H and O–H groups in total. The van der Waals surface area contributed by atoms with Gasteiger partial charge in [-0.1, -0.05) is 18.2 Å². The summed E-state index contributed by atoms with van der Waals surface area (Å²) in [5.74, 6) is 3.12. The molecule has 1 aliphatic carbocycles. The van der Waals surface area contributed by atoms with Crippen molar-refractivity contribution in [2.45, 2.75) is 19.3 Å². The molecule has 0 radical (unpaired) electrons. The number of fused-ring (bicyclic) bond motifs is 1. The summed E-state index contributed by atoms with van der Waals surface area (Å²) >= 11 is 0. The van der Waals surface area contributed by atoms with Crippen LogP contribution in [0.15, 0.2) is 48.5 Å². The minimum absolute atomic E-state index is 0.349. The van der Waals surface area contributed by atoms with Crippen molar-refractivity contribution in [1.29, 1.82) is 0 Å². The molecule has 0 aliphatic heterocycles. The maximum absolute atomic E-state index is 11.4. The third-order valence-corrected chi connectivity index (χ3v) is 8.34. The second-order valence-electron chi connectivity index (χ2n) is 7.28. The molecule has 1 aliphatic rings. The van der Waals surface area contributed by atoms with E-state index in [4.69, 9.17) is 18.9 Å². The van der Waals surface area contributed by atoms with E-state index in [0.717, 1.165) is 40.7 Å². The standard InChI is InChI=1S/C25H27O5P/c1-27-18-10-6-11-19(28-2)24(18)31(25-20(29-3)12-7-13-21(25)30-4)22-15-14-16-8-5-9-17(16)23(22)26/h6-7,10-15,26H,5,8-9H2,1-4H3. The molecule has 0 fully saturated rings. The average Bonchev–Trinajstić information content (AvgIpc) is 3.30. The Bertz CT molecular complexity index is 996. The van der Waals surface area contributed by atoms with Gasteiger partial charge >= 0.3 is 0 Å². The molecule has 31 heavy (non-hydrogen) atoms. The summed E-state index contributed by atoms with van der Waals surface area (Å²) in [6.45, 7) is 0. The lowest BCUT2D eigenvalue weighted by Gasteiger charge is -2.27. The third-order valence-electron chi connectivity index (χ3n) is 5.72. The Labute approximate surface area is 184 Å². The topological polar surface area (TPSA) is 57.2 Å². The smallest absolute Gasteiger partial charge is 0.130 e. The normalized spacial score (nSPS) is 12.5. The second-order valence-corrected chi connectivity index (χ2v) is 9.33. The summed E-state index contributed by atoms with van der Waals surface area (Å²) in [4.78, 5) is 0. The molecule has 0 aromatic heterocycles. The molecule has 6 heteroatoms. The Kier molecular flexibility index (Phi) is 6.24. The fourth-order valence-electron chi connectivity index (χ4n) is 4.27. The summed E-state index contributed by atoms with van der Waals surface area (Å²) in [6.07, 6.45) is 2.93. The van der Waals surface area contributed by atoms with Crippen molar-refractivity contribution in [2.24, 2.45) is 0 Å². The largest absolute Gasteiger partial charge is 0.507 e. The summed E-state index contributed by atoms with van der Waals surface area (Å²) < 4.78 is 23.1. The molecule has 0 saturated carbocycles. The van der Waals surface area contributed by atoms with Gasteiger partial charge in [0.2, 0.25) is 0 Å². The number of rotatable bonds is 7. The number of methoxy groups -OCH3 is 4. The Balaban J connectivity index is 2.09. The molecule has 0 atom stereocenters. The molecule has 3 aromatic rings. The Morgan fingerprint density at radius 2 is 1.16 bits per heavy atom. The Morgan fingerprint density at radius 1 is 0.677 bits per heavy atom. The molecular weight excluding hydrogens is 411 g/mol. The third kappa shape index (κ3) is 3.68. The zero-order valence-corrected chi connectivity index (χ0v) is 19.2. The number of hydrogen-bond acceptors (Lipinski definition) is 5. The molecule has 162 valence electrons. The highest BCUT2D eigenvalue weighted by Gasteiger charge is 2.33. The van der Waals surface area contributed by atoms with E-state index in [1.165, 1.54) is 5.56 Å². The van der Waals surface area contributed by atoms with Crippen molar-refractivity contribution in [1.82, 2.24) is 0 Å². The van der Waals surface area contributed by atoms with Gasteiger partial charge in [-0.05, 0) is 60.7 Å². The van der Waals surface area contributed by atoms with Crippen LogP contribution < -0.4 is 34.9 Å². The van der Waals surface area contributed by atoms with E-state index >= 15 is 0 Å². The number of hydrogen-bond donors (Lipinski definition) is 1. The van der Waals surface area contributed by atoms with Crippen LogP contribution in [0.5, 0.6) is 28.7 Å². The number of aryl methyl sites for hydroxylation is 1. The number of ether oxygens (including phenoxy) is 4. The highest BCUT2D eigenvalue weighted by molar-refractivity contribution is 7.80. The molecule has 0 unspecified atom stereocenters. The monoisotopic (exact) mass is 438 g/mol. The van der Waals surface area contributed by atoms with Crippen LogP contribution in [0.4, 0.5) is 0 Å². The van der Waals surface area contributed by atoms with Crippen LogP contribution in [-0.2, 0) is 12.8 Å². The lowest BCUT2D eigenvalue weighted by atomic mass is 10.1. The number of aromatic hydroxyl groups is 1. The lowest BCUT2D eigenvalue weighted by Crippen LogP contribution is -2.26.